The maximum Gasteiger partial charge on any atom is 0.166 e. The molecule has 0 unspecified atom stereocenters. The molecule has 2 aliphatic rings. The molecule has 2 aromatic rings. The van der Waals surface area contributed by atoms with Crippen molar-refractivity contribution in [1.29, 1.82) is 0 Å². The third-order valence-corrected chi connectivity index (χ3v) is 4.48. The van der Waals surface area contributed by atoms with Gasteiger partial charge in [-0.1, -0.05) is 53.5 Å². The van der Waals surface area contributed by atoms with Gasteiger partial charge in [0.05, 0.1) is 17.9 Å². The lowest BCUT2D eigenvalue weighted by Gasteiger charge is -2.12. The highest BCUT2D eigenvalue weighted by Gasteiger charge is 2.20. The van der Waals surface area contributed by atoms with E-state index in [9.17, 15) is 0 Å². The minimum absolute atomic E-state index is 0.323. The predicted molar refractivity (Wildman–Crippen MR) is 97.6 cm³/mol. The van der Waals surface area contributed by atoms with Crippen LogP contribution in [-0.4, -0.2) is 24.5 Å². The van der Waals surface area contributed by atoms with Gasteiger partial charge < -0.3 is 10.3 Å². The molecule has 0 atom stereocenters. The van der Waals surface area contributed by atoms with Crippen LogP contribution in [0.5, 0.6) is 0 Å². The standard InChI is InChI=1S/C17H12Cl2N6/c18-12-6-7-21-14(19)11(12)8-25-9-22-15(20)13-17(25)24-16(23-13)10-4-2-1-3-5-10/h1-7,9H,8,20H2. The molecule has 0 bridgehead atoms. The summed E-state index contributed by atoms with van der Waals surface area (Å²) in [6.07, 6.45) is 3.16. The van der Waals surface area contributed by atoms with Crippen molar-refractivity contribution in [3.8, 4) is 22.9 Å². The molecule has 1 aromatic heterocycles. The number of fused-ring (bicyclic) bond motifs is 1. The third-order valence-electron chi connectivity index (χ3n) is 3.80. The lowest BCUT2D eigenvalue weighted by atomic mass is 10.2. The van der Waals surface area contributed by atoms with Crippen LogP contribution in [0.2, 0.25) is 10.2 Å². The van der Waals surface area contributed by atoms with E-state index in [0.717, 1.165) is 5.56 Å². The Balaban J connectivity index is 1.83. The first kappa shape index (κ1) is 15.8. The van der Waals surface area contributed by atoms with Gasteiger partial charge in [0.2, 0.25) is 0 Å². The SMILES string of the molecule is Nc1ncn(Cc2c(Cl)ccnc2Cl)c2nc(-c3ccccc3)nc1-2. The van der Waals surface area contributed by atoms with Crippen LogP contribution in [0.25, 0.3) is 22.9 Å². The first-order valence-corrected chi connectivity index (χ1v) is 8.21. The first-order chi connectivity index (χ1) is 12.1. The Morgan fingerprint density at radius 2 is 1.80 bits per heavy atom. The number of benzene rings is 1. The van der Waals surface area contributed by atoms with E-state index < -0.39 is 0 Å². The lowest BCUT2D eigenvalue weighted by Crippen LogP contribution is -2.10. The quantitative estimate of drug-likeness (QED) is 0.554. The van der Waals surface area contributed by atoms with Crippen molar-refractivity contribution in [2.45, 2.75) is 6.54 Å². The second-order valence-corrected chi connectivity index (χ2v) is 6.17. The average Bonchev–Trinajstić information content (AvgIpc) is 3.07. The van der Waals surface area contributed by atoms with Crippen LogP contribution in [0, 0.1) is 0 Å². The van der Waals surface area contributed by atoms with Gasteiger partial charge in [-0.2, -0.15) is 0 Å². The van der Waals surface area contributed by atoms with Gasteiger partial charge in [0, 0.05) is 17.3 Å². The Bertz CT molecular complexity index is 995. The second kappa shape index (κ2) is 6.31. The van der Waals surface area contributed by atoms with Crippen molar-refractivity contribution in [2.75, 3.05) is 5.73 Å². The number of rotatable bonds is 3. The second-order valence-electron chi connectivity index (χ2n) is 5.41. The Labute approximate surface area is 153 Å². The highest BCUT2D eigenvalue weighted by molar-refractivity contribution is 6.35. The van der Waals surface area contributed by atoms with Crippen molar-refractivity contribution >= 4 is 29.0 Å². The summed E-state index contributed by atoms with van der Waals surface area (Å²) in [6, 6.07) is 11.4. The monoisotopic (exact) mass is 370 g/mol. The summed E-state index contributed by atoms with van der Waals surface area (Å²) >= 11 is 12.4. The summed E-state index contributed by atoms with van der Waals surface area (Å²) in [7, 11) is 0. The molecule has 3 heterocycles. The van der Waals surface area contributed by atoms with Crippen molar-refractivity contribution in [3.05, 3.63) is 64.7 Å². The normalized spacial score (nSPS) is 11.1. The van der Waals surface area contributed by atoms with Gasteiger partial charge in [-0.3, -0.25) is 0 Å². The van der Waals surface area contributed by atoms with Crippen LogP contribution in [0.4, 0.5) is 5.82 Å². The number of imidazole rings is 1. The van der Waals surface area contributed by atoms with Crippen LogP contribution in [-0.2, 0) is 6.54 Å². The first-order valence-electron chi connectivity index (χ1n) is 7.46. The number of nitrogens with zero attached hydrogens (tertiary/aromatic N) is 5. The van der Waals surface area contributed by atoms with Gasteiger partial charge in [0.25, 0.3) is 0 Å². The van der Waals surface area contributed by atoms with Gasteiger partial charge in [0.1, 0.15) is 5.15 Å². The molecule has 124 valence electrons. The Morgan fingerprint density at radius 1 is 1.00 bits per heavy atom. The lowest BCUT2D eigenvalue weighted by molar-refractivity contribution is 0.760. The molecular weight excluding hydrogens is 359 g/mol. The number of halogens is 2. The number of anilines is 1. The molecular formula is C17H12Cl2N6. The van der Waals surface area contributed by atoms with E-state index >= 15 is 0 Å². The minimum atomic E-state index is 0.323. The third kappa shape index (κ3) is 2.90. The maximum absolute atomic E-state index is 6.24. The average molecular weight is 371 g/mol. The molecule has 25 heavy (non-hydrogen) atoms. The zero-order chi connectivity index (χ0) is 17.4. The van der Waals surface area contributed by atoms with Gasteiger partial charge >= 0.3 is 0 Å². The van der Waals surface area contributed by atoms with Crippen LogP contribution in [0.15, 0.2) is 48.9 Å². The van der Waals surface area contributed by atoms with Crippen molar-refractivity contribution in [2.24, 2.45) is 0 Å². The summed E-state index contributed by atoms with van der Waals surface area (Å²) in [5, 5.41) is 0.869. The van der Waals surface area contributed by atoms with Gasteiger partial charge in [-0.15, -0.1) is 0 Å². The van der Waals surface area contributed by atoms with Crippen molar-refractivity contribution < 1.29 is 0 Å². The molecule has 4 rings (SSSR count). The van der Waals surface area contributed by atoms with Gasteiger partial charge in [0.15, 0.2) is 23.2 Å². The molecule has 0 saturated heterocycles. The zero-order valence-electron chi connectivity index (χ0n) is 12.9. The number of hydrogen-bond acceptors (Lipinski definition) is 5. The van der Waals surface area contributed by atoms with Crippen molar-refractivity contribution in [3.63, 3.8) is 0 Å². The molecule has 0 fully saturated rings. The highest BCUT2D eigenvalue weighted by Crippen LogP contribution is 2.30. The molecule has 8 heteroatoms. The smallest absolute Gasteiger partial charge is 0.166 e. The molecule has 6 nitrogen and oxygen atoms in total. The largest absolute Gasteiger partial charge is 0.382 e. The van der Waals surface area contributed by atoms with Crippen molar-refractivity contribution in [1.82, 2.24) is 24.5 Å². The Morgan fingerprint density at radius 3 is 2.56 bits per heavy atom. The zero-order valence-corrected chi connectivity index (χ0v) is 14.4. The highest BCUT2D eigenvalue weighted by atomic mass is 35.5. The maximum atomic E-state index is 6.24. The summed E-state index contributed by atoms with van der Waals surface area (Å²) in [5.74, 6) is 1.53. The van der Waals surface area contributed by atoms with E-state index in [4.69, 9.17) is 28.9 Å². The molecule has 1 aromatic carbocycles. The van der Waals surface area contributed by atoms with Crippen LogP contribution in [0.1, 0.15) is 5.56 Å². The van der Waals surface area contributed by atoms with E-state index in [1.165, 1.54) is 0 Å². The molecule has 0 radical (unpaired) electrons. The molecule has 0 amide bonds. The number of aromatic nitrogens is 5. The van der Waals surface area contributed by atoms with E-state index in [1.54, 1.807) is 23.2 Å². The Kier molecular flexibility index (Phi) is 3.99. The fourth-order valence-electron chi connectivity index (χ4n) is 2.54. The van der Waals surface area contributed by atoms with E-state index in [0.29, 0.717) is 45.4 Å². The number of nitrogens with two attached hydrogens (primary N) is 1. The minimum Gasteiger partial charge on any atom is -0.382 e. The van der Waals surface area contributed by atoms with E-state index in [1.807, 2.05) is 30.3 Å². The Hall–Kier alpha value is -2.70. The van der Waals surface area contributed by atoms with Gasteiger partial charge in [-0.05, 0) is 6.07 Å². The molecule has 0 saturated carbocycles. The molecule has 0 spiro atoms. The summed E-state index contributed by atoms with van der Waals surface area (Å²) in [6.45, 7) is 0.363. The van der Waals surface area contributed by atoms with E-state index in [2.05, 4.69) is 19.9 Å². The fraction of sp³-hybridized carbons (Fsp3) is 0.0588. The van der Waals surface area contributed by atoms with Gasteiger partial charge in [-0.25, -0.2) is 19.9 Å². The molecule has 2 aliphatic heterocycles. The van der Waals surface area contributed by atoms with Crippen LogP contribution < -0.4 is 5.73 Å². The molecule has 2 N–H and O–H groups in total. The fourth-order valence-corrected chi connectivity index (χ4v) is 3.01. The number of nitrogen functional groups attached to an aromatic ring is 1. The predicted octanol–water partition coefficient (Wildman–Crippen LogP) is 3.78. The number of pyridine rings is 1. The topological polar surface area (TPSA) is 82.5 Å². The van der Waals surface area contributed by atoms with Crippen LogP contribution >= 0.6 is 23.2 Å². The molecule has 0 aliphatic carbocycles. The van der Waals surface area contributed by atoms with E-state index in [-0.39, 0.29) is 0 Å². The summed E-state index contributed by atoms with van der Waals surface area (Å²) in [4.78, 5) is 17.4. The van der Waals surface area contributed by atoms with Crippen LogP contribution in [0.3, 0.4) is 0 Å². The summed E-state index contributed by atoms with van der Waals surface area (Å²) in [5.41, 5.74) is 8.11. The number of hydrogen-bond donors (Lipinski definition) is 1. The summed E-state index contributed by atoms with van der Waals surface area (Å²) < 4.78 is 1.81.